The van der Waals surface area contributed by atoms with Crippen LogP contribution in [0.15, 0.2) is 29.3 Å². The third-order valence-electron chi connectivity index (χ3n) is 5.69. The fourth-order valence-corrected chi connectivity index (χ4v) is 4.24. The van der Waals surface area contributed by atoms with E-state index in [9.17, 15) is 4.79 Å². The molecule has 4 rings (SSSR count). The third-order valence-corrected chi connectivity index (χ3v) is 5.92. The largest absolute Gasteiger partial charge is 0.368 e. The van der Waals surface area contributed by atoms with Gasteiger partial charge in [-0.25, -0.2) is 0 Å². The molecule has 1 aliphatic carbocycles. The SMILES string of the molecule is CN=C(NC1CC1c1cccc(Cl)c1)N1CCN(C(=O)C2CCCO2)CC1. The molecule has 1 aromatic rings. The second-order valence-corrected chi connectivity index (χ2v) is 7.95. The van der Waals surface area contributed by atoms with Gasteiger partial charge in [0.1, 0.15) is 6.10 Å². The van der Waals surface area contributed by atoms with Crippen LogP contribution in [0.2, 0.25) is 5.02 Å². The van der Waals surface area contributed by atoms with Gasteiger partial charge in [-0.15, -0.1) is 0 Å². The summed E-state index contributed by atoms with van der Waals surface area (Å²) in [5.74, 6) is 1.56. The third kappa shape index (κ3) is 4.22. The number of amides is 1. The maximum absolute atomic E-state index is 12.5. The van der Waals surface area contributed by atoms with Gasteiger partial charge < -0.3 is 19.9 Å². The predicted octanol–water partition coefficient (Wildman–Crippen LogP) is 2.09. The van der Waals surface area contributed by atoms with Gasteiger partial charge in [-0.05, 0) is 37.0 Å². The summed E-state index contributed by atoms with van der Waals surface area (Å²) in [6, 6.07) is 8.50. The van der Waals surface area contributed by atoms with Crippen LogP contribution in [0.1, 0.15) is 30.7 Å². The molecule has 3 aliphatic rings. The van der Waals surface area contributed by atoms with Gasteiger partial charge in [-0.1, -0.05) is 23.7 Å². The van der Waals surface area contributed by atoms with Gasteiger partial charge in [0.25, 0.3) is 5.91 Å². The zero-order valence-corrected chi connectivity index (χ0v) is 16.5. The molecule has 1 aromatic carbocycles. The van der Waals surface area contributed by atoms with E-state index in [2.05, 4.69) is 21.3 Å². The number of rotatable bonds is 3. The van der Waals surface area contributed by atoms with Crippen LogP contribution in [-0.4, -0.2) is 73.6 Å². The molecule has 2 heterocycles. The number of piperazine rings is 1. The molecule has 0 radical (unpaired) electrons. The fourth-order valence-electron chi connectivity index (χ4n) is 4.04. The van der Waals surface area contributed by atoms with Crippen molar-refractivity contribution < 1.29 is 9.53 Å². The number of halogens is 1. The number of ether oxygens (including phenoxy) is 1. The molecule has 6 nitrogen and oxygen atoms in total. The zero-order chi connectivity index (χ0) is 18.8. The van der Waals surface area contributed by atoms with Crippen molar-refractivity contribution in [2.45, 2.75) is 37.3 Å². The van der Waals surface area contributed by atoms with E-state index in [1.165, 1.54) is 5.56 Å². The van der Waals surface area contributed by atoms with Crippen LogP contribution in [0.4, 0.5) is 0 Å². The van der Waals surface area contributed by atoms with Crippen molar-refractivity contribution in [3.8, 4) is 0 Å². The first-order chi connectivity index (χ1) is 13.2. The average Bonchev–Trinajstić information content (AvgIpc) is 3.25. The number of hydrogen-bond donors (Lipinski definition) is 1. The highest BCUT2D eigenvalue weighted by atomic mass is 35.5. The molecule has 3 fully saturated rings. The van der Waals surface area contributed by atoms with E-state index in [-0.39, 0.29) is 12.0 Å². The van der Waals surface area contributed by atoms with Crippen molar-refractivity contribution in [2.24, 2.45) is 4.99 Å². The van der Waals surface area contributed by atoms with Gasteiger partial charge in [-0.2, -0.15) is 0 Å². The normalized spacial score (nSPS) is 28.4. The number of hydrogen-bond acceptors (Lipinski definition) is 3. The summed E-state index contributed by atoms with van der Waals surface area (Å²) in [5, 5.41) is 4.37. The summed E-state index contributed by atoms with van der Waals surface area (Å²) in [6.07, 6.45) is 2.72. The average molecular weight is 391 g/mol. The van der Waals surface area contributed by atoms with Gasteiger partial charge in [-0.3, -0.25) is 9.79 Å². The van der Waals surface area contributed by atoms with Gasteiger partial charge in [0.05, 0.1) is 0 Å². The molecule has 0 spiro atoms. The molecule has 3 unspecified atom stereocenters. The first-order valence-corrected chi connectivity index (χ1v) is 10.2. The molecule has 1 amide bonds. The summed E-state index contributed by atoms with van der Waals surface area (Å²) < 4.78 is 5.54. The lowest BCUT2D eigenvalue weighted by Gasteiger charge is -2.37. The van der Waals surface area contributed by atoms with E-state index in [0.29, 0.717) is 18.6 Å². The minimum Gasteiger partial charge on any atom is -0.368 e. The topological polar surface area (TPSA) is 57.2 Å². The lowest BCUT2D eigenvalue weighted by atomic mass is 10.1. The van der Waals surface area contributed by atoms with Crippen molar-refractivity contribution in [1.29, 1.82) is 0 Å². The van der Waals surface area contributed by atoms with Crippen LogP contribution in [0.3, 0.4) is 0 Å². The lowest BCUT2D eigenvalue weighted by molar-refractivity contribution is -0.142. The second-order valence-electron chi connectivity index (χ2n) is 7.51. The van der Waals surface area contributed by atoms with Gasteiger partial charge in [0, 0.05) is 56.8 Å². The quantitative estimate of drug-likeness (QED) is 0.634. The summed E-state index contributed by atoms with van der Waals surface area (Å²) in [4.78, 5) is 21.1. The number of carbonyl (C=O) groups excluding carboxylic acids is 1. The highest BCUT2D eigenvalue weighted by Crippen LogP contribution is 2.41. The number of nitrogens with zero attached hydrogens (tertiary/aromatic N) is 3. The van der Waals surface area contributed by atoms with E-state index in [1.807, 2.05) is 30.1 Å². The molecular weight excluding hydrogens is 364 g/mol. The molecule has 3 atom stereocenters. The first kappa shape index (κ1) is 18.6. The summed E-state index contributed by atoms with van der Waals surface area (Å²) in [7, 11) is 1.82. The molecule has 7 heteroatoms. The molecule has 1 saturated carbocycles. The highest BCUT2D eigenvalue weighted by molar-refractivity contribution is 6.30. The first-order valence-electron chi connectivity index (χ1n) is 9.80. The Morgan fingerprint density at radius 2 is 2.04 bits per heavy atom. The monoisotopic (exact) mass is 390 g/mol. The number of nitrogens with one attached hydrogen (secondary N) is 1. The van der Waals surface area contributed by atoms with Crippen LogP contribution in [0.5, 0.6) is 0 Å². The molecule has 1 N–H and O–H groups in total. The molecule has 2 saturated heterocycles. The number of guanidine groups is 1. The Kier molecular flexibility index (Phi) is 5.55. The van der Waals surface area contributed by atoms with Crippen molar-refractivity contribution in [2.75, 3.05) is 39.8 Å². The van der Waals surface area contributed by atoms with Crippen LogP contribution in [-0.2, 0) is 9.53 Å². The van der Waals surface area contributed by atoms with Crippen molar-refractivity contribution in [3.05, 3.63) is 34.9 Å². The minimum absolute atomic E-state index is 0.151. The maximum Gasteiger partial charge on any atom is 0.251 e. The molecule has 146 valence electrons. The molecule has 0 aromatic heterocycles. The zero-order valence-electron chi connectivity index (χ0n) is 15.7. The maximum atomic E-state index is 12.5. The molecular formula is C20H27ClN4O2. The lowest BCUT2D eigenvalue weighted by Crippen LogP contribution is -2.55. The summed E-state index contributed by atoms with van der Waals surface area (Å²) in [6.45, 7) is 3.76. The Balaban J connectivity index is 1.28. The van der Waals surface area contributed by atoms with E-state index in [1.54, 1.807) is 0 Å². The Hall–Kier alpha value is -1.79. The molecule has 0 bridgehead atoms. The number of aliphatic imine (C=N–C) groups is 1. The van der Waals surface area contributed by atoms with Crippen molar-refractivity contribution in [3.63, 3.8) is 0 Å². The fraction of sp³-hybridized carbons (Fsp3) is 0.600. The molecule has 27 heavy (non-hydrogen) atoms. The smallest absolute Gasteiger partial charge is 0.251 e. The van der Waals surface area contributed by atoms with E-state index in [4.69, 9.17) is 16.3 Å². The van der Waals surface area contributed by atoms with Crippen molar-refractivity contribution >= 4 is 23.5 Å². The Labute approximate surface area is 165 Å². The second kappa shape index (κ2) is 8.07. The van der Waals surface area contributed by atoms with Gasteiger partial charge in [0.15, 0.2) is 5.96 Å². The number of carbonyl (C=O) groups is 1. The van der Waals surface area contributed by atoms with Gasteiger partial charge >= 0.3 is 0 Å². The number of benzene rings is 1. The van der Waals surface area contributed by atoms with Crippen LogP contribution in [0, 0.1) is 0 Å². The Morgan fingerprint density at radius 1 is 1.26 bits per heavy atom. The van der Waals surface area contributed by atoms with Crippen molar-refractivity contribution in [1.82, 2.24) is 15.1 Å². The minimum atomic E-state index is -0.223. The van der Waals surface area contributed by atoms with Crippen LogP contribution >= 0.6 is 11.6 Å². The van der Waals surface area contributed by atoms with E-state index in [0.717, 1.165) is 56.4 Å². The summed E-state index contributed by atoms with van der Waals surface area (Å²) >= 11 is 6.11. The summed E-state index contributed by atoms with van der Waals surface area (Å²) in [5.41, 5.74) is 1.28. The predicted molar refractivity (Wildman–Crippen MR) is 106 cm³/mol. The Bertz CT molecular complexity index is 712. The van der Waals surface area contributed by atoms with E-state index < -0.39 is 0 Å². The van der Waals surface area contributed by atoms with Crippen LogP contribution in [0.25, 0.3) is 0 Å². The van der Waals surface area contributed by atoms with E-state index >= 15 is 0 Å². The molecule has 2 aliphatic heterocycles. The van der Waals surface area contributed by atoms with Crippen LogP contribution < -0.4 is 5.32 Å². The van der Waals surface area contributed by atoms with Gasteiger partial charge in [0.2, 0.25) is 0 Å². The Morgan fingerprint density at radius 3 is 2.70 bits per heavy atom. The standard InChI is InChI=1S/C20H27ClN4O2/c1-22-20(23-17-13-16(17)14-4-2-5-15(21)12-14)25-9-7-24(8-10-25)19(26)18-6-3-11-27-18/h2,4-5,12,16-18H,3,6-11,13H2,1H3,(H,22,23). The highest BCUT2D eigenvalue weighted by Gasteiger charge is 2.40.